The summed E-state index contributed by atoms with van der Waals surface area (Å²) in [6.45, 7) is 3.62. The van der Waals surface area contributed by atoms with E-state index >= 15 is 0 Å². The first kappa shape index (κ1) is 21.8. The molecule has 1 heterocycles. The Morgan fingerprint density at radius 1 is 0.969 bits per heavy atom. The van der Waals surface area contributed by atoms with Crippen molar-refractivity contribution in [3.8, 4) is 5.69 Å². The van der Waals surface area contributed by atoms with Crippen molar-refractivity contribution in [2.24, 2.45) is 0 Å². The predicted octanol–water partition coefficient (Wildman–Crippen LogP) is 4.88. The van der Waals surface area contributed by atoms with Crippen LogP contribution in [-0.2, 0) is 4.79 Å². The minimum absolute atomic E-state index is 0.184. The number of thioether (sulfide) groups is 1. The molecule has 0 fully saturated rings. The summed E-state index contributed by atoms with van der Waals surface area (Å²) in [7, 11) is 0. The number of nitrogens with one attached hydrogen (secondary N) is 1. The summed E-state index contributed by atoms with van der Waals surface area (Å²) in [5.41, 5.74) is 1.89. The van der Waals surface area contributed by atoms with Gasteiger partial charge in [-0.05, 0) is 55.8 Å². The number of halogens is 1. The van der Waals surface area contributed by atoms with E-state index in [2.05, 4.69) is 10.3 Å². The van der Waals surface area contributed by atoms with Crippen LogP contribution in [0.2, 0.25) is 0 Å². The highest BCUT2D eigenvalue weighted by Crippen LogP contribution is 2.26. The summed E-state index contributed by atoms with van der Waals surface area (Å²) in [5, 5.41) is 3.39. The third kappa shape index (κ3) is 4.57. The molecule has 1 amide bonds. The molecule has 0 saturated carbocycles. The van der Waals surface area contributed by atoms with Crippen LogP contribution in [0.25, 0.3) is 16.6 Å². The third-order valence-electron chi connectivity index (χ3n) is 5.14. The Morgan fingerprint density at radius 2 is 1.62 bits per heavy atom. The van der Waals surface area contributed by atoms with Crippen LogP contribution in [0, 0.1) is 5.82 Å². The maximum absolute atomic E-state index is 13.3. The number of carbonyl (C=O) groups is 1. The zero-order valence-corrected chi connectivity index (χ0v) is 18.5. The van der Waals surface area contributed by atoms with E-state index in [0.717, 1.165) is 5.56 Å². The van der Waals surface area contributed by atoms with Crippen molar-refractivity contribution in [3.63, 3.8) is 0 Å². The van der Waals surface area contributed by atoms with E-state index in [1.165, 1.54) is 23.9 Å². The Hall–Kier alpha value is -3.45. The third-order valence-corrected chi connectivity index (χ3v) is 6.19. The van der Waals surface area contributed by atoms with Gasteiger partial charge in [-0.2, -0.15) is 0 Å². The van der Waals surface area contributed by atoms with Gasteiger partial charge in [-0.25, -0.2) is 9.37 Å². The quantitative estimate of drug-likeness (QED) is 0.338. The second-order valence-electron chi connectivity index (χ2n) is 7.43. The fourth-order valence-electron chi connectivity index (χ4n) is 3.37. The van der Waals surface area contributed by atoms with E-state index < -0.39 is 5.25 Å². The van der Waals surface area contributed by atoms with Crippen molar-refractivity contribution in [2.75, 3.05) is 0 Å². The first-order valence-electron chi connectivity index (χ1n) is 10.2. The lowest BCUT2D eigenvalue weighted by atomic mass is 10.1. The maximum atomic E-state index is 13.3. The van der Waals surface area contributed by atoms with Crippen molar-refractivity contribution >= 4 is 28.6 Å². The molecule has 0 saturated heterocycles. The van der Waals surface area contributed by atoms with Gasteiger partial charge in [0.2, 0.25) is 5.91 Å². The SMILES string of the molecule is CC(Sc1nc2ccccc2c(=O)n1-c1ccccc1)C(=O)NC(C)c1ccc(F)cc1. The number of hydrogen-bond donors (Lipinski definition) is 1. The second-order valence-corrected chi connectivity index (χ2v) is 8.74. The number of para-hydroxylation sites is 2. The summed E-state index contributed by atoms with van der Waals surface area (Å²) in [6.07, 6.45) is 0. The topological polar surface area (TPSA) is 64.0 Å². The Balaban J connectivity index is 1.63. The number of hydrogen-bond acceptors (Lipinski definition) is 4. The van der Waals surface area contributed by atoms with Crippen LogP contribution in [0.3, 0.4) is 0 Å². The summed E-state index contributed by atoms with van der Waals surface area (Å²) < 4.78 is 14.7. The highest BCUT2D eigenvalue weighted by Gasteiger charge is 2.21. The van der Waals surface area contributed by atoms with E-state index in [1.54, 1.807) is 41.8 Å². The lowest BCUT2D eigenvalue weighted by molar-refractivity contribution is -0.120. The van der Waals surface area contributed by atoms with Gasteiger partial charge in [-0.1, -0.05) is 54.2 Å². The number of rotatable bonds is 6. The minimum atomic E-state index is -0.513. The Labute approximate surface area is 189 Å². The molecular weight excluding hydrogens is 425 g/mol. The van der Waals surface area contributed by atoms with Crippen LogP contribution in [0.5, 0.6) is 0 Å². The summed E-state index contributed by atoms with van der Waals surface area (Å²) in [5.74, 6) is -0.522. The fourth-order valence-corrected chi connectivity index (χ4v) is 4.31. The van der Waals surface area contributed by atoms with E-state index in [9.17, 15) is 14.0 Å². The Morgan fingerprint density at radius 3 is 2.34 bits per heavy atom. The van der Waals surface area contributed by atoms with Crippen LogP contribution in [0.1, 0.15) is 25.5 Å². The zero-order valence-electron chi connectivity index (χ0n) is 17.7. The number of nitrogens with zero attached hydrogens (tertiary/aromatic N) is 2. The van der Waals surface area contributed by atoms with E-state index in [0.29, 0.717) is 21.7 Å². The molecule has 4 aromatic rings. The van der Waals surface area contributed by atoms with Gasteiger partial charge < -0.3 is 5.32 Å². The molecule has 2 atom stereocenters. The molecule has 162 valence electrons. The van der Waals surface area contributed by atoms with Crippen LogP contribution < -0.4 is 10.9 Å². The van der Waals surface area contributed by atoms with Crippen molar-refractivity contribution in [2.45, 2.75) is 30.3 Å². The fraction of sp³-hybridized carbons (Fsp3) is 0.160. The summed E-state index contributed by atoms with van der Waals surface area (Å²) in [4.78, 5) is 30.8. The average Bonchev–Trinajstić information content (AvgIpc) is 2.80. The molecule has 0 aliphatic carbocycles. The molecule has 1 aromatic heterocycles. The molecule has 32 heavy (non-hydrogen) atoms. The molecule has 0 spiro atoms. The second kappa shape index (κ2) is 9.36. The summed E-state index contributed by atoms with van der Waals surface area (Å²) >= 11 is 1.22. The van der Waals surface area contributed by atoms with Gasteiger partial charge in [-0.15, -0.1) is 0 Å². The number of fused-ring (bicyclic) bond motifs is 1. The highest BCUT2D eigenvalue weighted by atomic mass is 32.2. The van der Waals surface area contributed by atoms with Crippen molar-refractivity contribution in [1.82, 2.24) is 14.9 Å². The molecule has 4 rings (SSSR count). The number of amides is 1. The predicted molar refractivity (Wildman–Crippen MR) is 126 cm³/mol. The monoisotopic (exact) mass is 447 g/mol. The van der Waals surface area contributed by atoms with E-state index in [1.807, 2.05) is 43.3 Å². The van der Waals surface area contributed by atoms with Gasteiger partial charge in [-0.3, -0.25) is 14.2 Å². The summed E-state index contributed by atoms with van der Waals surface area (Å²) in [6, 6.07) is 22.2. The zero-order chi connectivity index (χ0) is 22.7. The first-order chi connectivity index (χ1) is 15.4. The van der Waals surface area contributed by atoms with Crippen molar-refractivity contribution in [3.05, 3.63) is 101 Å². The number of carbonyl (C=O) groups excluding carboxylic acids is 1. The minimum Gasteiger partial charge on any atom is -0.349 e. The molecule has 1 N–H and O–H groups in total. The highest BCUT2D eigenvalue weighted by molar-refractivity contribution is 8.00. The molecular formula is C25H22FN3O2S. The first-order valence-corrected chi connectivity index (χ1v) is 11.1. The Bertz CT molecular complexity index is 1310. The molecule has 0 bridgehead atoms. The molecule has 2 unspecified atom stereocenters. The molecule has 0 radical (unpaired) electrons. The van der Waals surface area contributed by atoms with Crippen LogP contribution in [0.4, 0.5) is 4.39 Å². The Kier molecular flexibility index (Phi) is 6.37. The van der Waals surface area contributed by atoms with Gasteiger partial charge >= 0.3 is 0 Å². The molecule has 7 heteroatoms. The maximum Gasteiger partial charge on any atom is 0.266 e. The van der Waals surface area contributed by atoms with Gasteiger partial charge in [0.15, 0.2) is 5.16 Å². The number of aromatic nitrogens is 2. The molecule has 0 aliphatic rings. The van der Waals surface area contributed by atoms with E-state index in [4.69, 9.17) is 0 Å². The van der Waals surface area contributed by atoms with Crippen molar-refractivity contribution in [1.29, 1.82) is 0 Å². The largest absolute Gasteiger partial charge is 0.349 e. The van der Waals surface area contributed by atoms with Crippen molar-refractivity contribution < 1.29 is 9.18 Å². The van der Waals surface area contributed by atoms with E-state index in [-0.39, 0.29) is 23.3 Å². The average molecular weight is 448 g/mol. The van der Waals surface area contributed by atoms with Gasteiger partial charge in [0.25, 0.3) is 5.56 Å². The van der Waals surface area contributed by atoms with Gasteiger partial charge in [0.05, 0.1) is 27.9 Å². The van der Waals surface area contributed by atoms with Crippen LogP contribution >= 0.6 is 11.8 Å². The lowest BCUT2D eigenvalue weighted by Gasteiger charge is -2.19. The van der Waals surface area contributed by atoms with Gasteiger partial charge in [0, 0.05) is 0 Å². The molecule has 3 aromatic carbocycles. The number of benzene rings is 3. The molecule has 5 nitrogen and oxygen atoms in total. The standard InChI is InChI=1S/C25H22FN3O2S/c1-16(18-12-14-19(26)15-13-18)27-23(30)17(2)32-25-28-22-11-7-6-10-21(22)24(31)29(25)20-8-4-3-5-9-20/h3-17H,1-2H3,(H,27,30). The lowest BCUT2D eigenvalue weighted by Crippen LogP contribution is -2.33. The smallest absolute Gasteiger partial charge is 0.266 e. The van der Waals surface area contributed by atoms with Crippen LogP contribution in [-0.4, -0.2) is 20.7 Å². The van der Waals surface area contributed by atoms with Crippen LogP contribution in [0.15, 0.2) is 88.8 Å². The molecule has 0 aliphatic heterocycles. The normalized spacial score (nSPS) is 13.0. The van der Waals surface area contributed by atoms with Gasteiger partial charge in [0.1, 0.15) is 5.82 Å².